The number of alkyl halides is 2. The van der Waals surface area contributed by atoms with Gasteiger partial charge in [-0.05, 0) is 50.5 Å². The molecule has 2 rings (SSSR count). The molecule has 0 radical (unpaired) electrons. The van der Waals surface area contributed by atoms with Gasteiger partial charge in [-0.1, -0.05) is 6.92 Å². The zero-order chi connectivity index (χ0) is 11.6. The van der Waals surface area contributed by atoms with Crippen molar-refractivity contribution in [2.24, 2.45) is 11.8 Å². The topological polar surface area (TPSA) is 12.0 Å². The fraction of sp³-hybridized carbons (Fsp3) is 1.00. The third kappa shape index (κ3) is 3.41. The van der Waals surface area contributed by atoms with Crippen LogP contribution in [-0.2, 0) is 0 Å². The monoisotopic (exact) mass is 231 g/mol. The molecule has 94 valence electrons. The number of halogens is 2. The molecule has 0 bridgehead atoms. The second-order valence-corrected chi connectivity index (χ2v) is 5.82. The average Bonchev–Trinajstić information content (AvgIpc) is 2.63. The first-order valence-electron chi connectivity index (χ1n) is 6.66. The van der Waals surface area contributed by atoms with E-state index in [1.807, 2.05) is 0 Å². The Labute approximate surface area is 97.0 Å². The van der Waals surface area contributed by atoms with Gasteiger partial charge in [-0.25, -0.2) is 8.78 Å². The van der Waals surface area contributed by atoms with Gasteiger partial charge in [-0.2, -0.15) is 0 Å². The fourth-order valence-corrected chi connectivity index (χ4v) is 3.03. The van der Waals surface area contributed by atoms with Crippen LogP contribution in [0.5, 0.6) is 0 Å². The molecular formula is C13H23F2N. The molecule has 0 unspecified atom stereocenters. The molecule has 0 spiro atoms. The van der Waals surface area contributed by atoms with Gasteiger partial charge in [-0.3, -0.25) is 0 Å². The predicted molar refractivity (Wildman–Crippen MR) is 61.7 cm³/mol. The highest BCUT2D eigenvalue weighted by molar-refractivity contribution is 4.82. The summed E-state index contributed by atoms with van der Waals surface area (Å²) < 4.78 is 25.9. The molecule has 16 heavy (non-hydrogen) atoms. The number of hydrogen-bond donors (Lipinski definition) is 1. The van der Waals surface area contributed by atoms with Crippen molar-refractivity contribution in [1.29, 1.82) is 0 Å². The maximum atomic E-state index is 12.9. The van der Waals surface area contributed by atoms with E-state index in [4.69, 9.17) is 0 Å². The van der Waals surface area contributed by atoms with E-state index in [9.17, 15) is 8.78 Å². The van der Waals surface area contributed by atoms with Gasteiger partial charge >= 0.3 is 0 Å². The van der Waals surface area contributed by atoms with E-state index in [1.165, 1.54) is 19.3 Å². The minimum absolute atomic E-state index is 0.0976. The van der Waals surface area contributed by atoms with Gasteiger partial charge < -0.3 is 5.32 Å². The van der Waals surface area contributed by atoms with Gasteiger partial charge in [0.15, 0.2) is 0 Å². The summed E-state index contributed by atoms with van der Waals surface area (Å²) in [6, 6.07) is 0.650. The van der Waals surface area contributed by atoms with E-state index in [0.29, 0.717) is 24.8 Å². The van der Waals surface area contributed by atoms with Crippen molar-refractivity contribution in [2.75, 3.05) is 6.54 Å². The van der Waals surface area contributed by atoms with Crippen LogP contribution in [0.1, 0.15) is 51.9 Å². The Morgan fingerprint density at radius 3 is 2.38 bits per heavy atom. The zero-order valence-corrected chi connectivity index (χ0v) is 10.1. The molecule has 2 atom stereocenters. The molecule has 0 saturated heterocycles. The van der Waals surface area contributed by atoms with Crippen molar-refractivity contribution in [3.8, 4) is 0 Å². The first kappa shape index (κ1) is 12.3. The minimum Gasteiger partial charge on any atom is -0.314 e. The molecule has 2 aliphatic carbocycles. The summed E-state index contributed by atoms with van der Waals surface area (Å²) in [4.78, 5) is 0. The molecular weight excluding hydrogens is 208 g/mol. The maximum Gasteiger partial charge on any atom is 0.248 e. The van der Waals surface area contributed by atoms with Crippen LogP contribution in [0, 0.1) is 11.8 Å². The van der Waals surface area contributed by atoms with Gasteiger partial charge in [-0.15, -0.1) is 0 Å². The smallest absolute Gasteiger partial charge is 0.248 e. The highest BCUT2D eigenvalue weighted by Gasteiger charge is 2.35. The first-order chi connectivity index (χ1) is 7.55. The molecule has 1 nitrogen and oxygen atoms in total. The highest BCUT2D eigenvalue weighted by atomic mass is 19.3. The molecule has 2 aliphatic rings. The largest absolute Gasteiger partial charge is 0.314 e. The van der Waals surface area contributed by atoms with Crippen molar-refractivity contribution in [3.05, 3.63) is 0 Å². The van der Waals surface area contributed by atoms with Gasteiger partial charge in [0.2, 0.25) is 5.92 Å². The fourth-order valence-electron chi connectivity index (χ4n) is 3.03. The van der Waals surface area contributed by atoms with E-state index >= 15 is 0 Å². The first-order valence-corrected chi connectivity index (χ1v) is 6.66. The lowest BCUT2D eigenvalue weighted by Crippen LogP contribution is -2.35. The molecule has 0 aromatic carbocycles. The molecule has 2 fully saturated rings. The lowest BCUT2D eigenvalue weighted by molar-refractivity contribution is -0.0456. The van der Waals surface area contributed by atoms with Crippen LogP contribution in [0.2, 0.25) is 0 Å². The summed E-state index contributed by atoms with van der Waals surface area (Å²) in [6.07, 6.45) is 5.44. The van der Waals surface area contributed by atoms with Gasteiger partial charge in [0.25, 0.3) is 0 Å². The molecule has 1 N–H and O–H groups in total. The average molecular weight is 231 g/mol. The SMILES string of the molecule is C[C@H]1CC[C@H](NCC2CCC(F)(F)CC2)C1. The molecule has 0 aliphatic heterocycles. The predicted octanol–water partition coefficient (Wildman–Crippen LogP) is 3.59. The van der Waals surface area contributed by atoms with Crippen LogP contribution < -0.4 is 5.32 Å². The van der Waals surface area contributed by atoms with Crippen molar-refractivity contribution in [2.45, 2.75) is 63.8 Å². The number of nitrogens with one attached hydrogen (secondary N) is 1. The molecule has 0 amide bonds. The van der Waals surface area contributed by atoms with E-state index < -0.39 is 5.92 Å². The van der Waals surface area contributed by atoms with E-state index in [1.54, 1.807) is 0 Å². The Morgan fingerprint density at radius 1 is 1.12 bits per heavy atom. The van der Waals surface area contributed by atoms with Gasteiger partial charge in [0, 0.05) is 18.9 Å². The van der Waals surface area contributed by atoms with Crippen LogP contribution in [0.3, 0.4) is 0 Å². The Kier molecular flexibility index (Phi) is 3.83. The van der Waals surface area contributed by atoms with Crippen LogP contribution in [-0.4, -0.2) is 18.5 Å². The van der Waals surface area contributed by atoms with Gasteiger partial charge in [0.05, 0.1) is 0 Å². The summed E-state index contributed by atoms with van der Waals surface area (Å²) in [5, 5.41) is 3.56. The second kappa shape index (κ2) is 4.99. The van der Waals surface area contributed by atoms with E-state index in [-0.39, 0.29) is 12.8 Å². The maximum absolute atomic E-state index is 12.9. The Morgan fingerprint density at radius 2 is 1.81 bits per heavy atom. The van der Waals surface area contributed by atoms with E-state index in [2.05, 4.69) is 12.2 Å². The molecule has 0 aromatic heterocycles. The lowest BCUT2D eigenvalue weighted by atomic mass is 9.86. The Hall–Kier alpha value is -0.180. The summed E-state index contributed by atoms with van der Waals surface area (Å²) in [6.45, 7) is 3.25. The van der Waals surface area contributed by atoms with Crippen molar-refractivity contribution < 1.29 is 8.78 Å². The summed E-state index contributed by atoms with van der Waals surface area (Å²) in [7, 11) is 0. The number of rotatable bonds is 3. The van der Waals surface area contributed by atoms with Crippen molar-refractivity contribution >= 4 is 0 Å². The third-order valence-electron chi connectivity index (χ3n) is 4.23. The minimum atomic E-state index is -2.38. The van der Waals surface area contributed by atoms with Crippen LogP contribution in [0.25, 0.3) is 0 Å². The lowest BCUT2D eigenvalue weighted by Gasteiger charge is -2.29. The van der Waals surface area contributed by atoms with Crippen LogP contribution in [0.4, 0.5) is 8.78 Å². The van der Waals surface area contributed by atoms with E-state index in [0.717, 1.165) is 12.5 Å². The standard InChI is InChI=1S/C13H23F2N/c1-10-2-3-12(8-10)16-9-11-4-6-13(14,15)7-5-11/h10-12,16H,2-9H2,1H3/t10-,12-/m0/s1. The highest BCUT2D eigenvalue weighted by Crippen LogP contribution is 2.36. The molecule has 0 aromatic rings. The van der Waals surface area contributed by atoms with Crippen LogP contribution >= 0.6 is 0 Å². The van der Waals surface area contributed by atoms with Crippen molar-refractivity contribution in [1.82, 2.24) is 5.32 Å². The zero-order valence-electron chi connectivity index (χ0n) is 10.1. The Balaban J connectivity index is 1.64. The summed E-state index contributed by atoms with van der Waals surface area (Å²) in [5.74, 6) is -1.05. The quantitative estimate of drug-likeness (QED) is 0.782. The summed E-state index contributed by atoms with van der Waals surface area (Å²) in [5.41, 5.74) is 0. The normalized spacial score (nSPS) is 35.4. The summed E-state index contributed by atoms with van der Waals surface area (Å²) >= 11 is 0. The van der Waals surface area contributed by atoms with Crippen LogP contribution in [0.15, 0.2) is 0 Å². The van der Waals surface area contributed by atoms with Crippen molar-refractivity contribution in [3.63, 3.8) is 0 Å². The number of hydrogen-bond acceptors (Lipinski definition) is 1. The molecule has 0 heterocycles. The molecule has 3 heteroatoms. The van der Waals surface area contributed by atoms with Gasteiger partial charge in [0.1, 0.15) is 0 Å². The second-order valence-electron chi connectivity index (χ2n) is 5.82. The molecule has 2 saturated carbocycles. The Bertz CT molecular complexity index is 220. The third-order valence-corrected chi connectivity index (χ3v) is 4.23.